The molecule has 0 aromatic heterocycles. The van der Waals surface area contributed by atoms with E-state index in [-0.39, 0.29) is 13.2 Å². The number of phosphoric acid groups is 1. The Balaban J connectivity index is 2.07. The predicted molar refractivity (Wildman–Crippen MR) is 148 cm³/mol. The normalized spacial score (nSPS) is 13.8. The van der Waals surface area contributed by atoms with Gasteiger partial charge in [0.25, 0.3) is 7.82 Å². The van der Waals surface area contributed by atoms with Crippen LogP contribution in [0.3, 0.4) is 0 Å². The zero-order valence-electron chi connectivity index (χ0n) is 23.4. The van der Waals surface area contributed by atoms with Gasteiger partial charge in [-0.05, 0) is 56.2 Å². The SMILES string of the molecule is CCCCCC/C=C\CCCCCCCCOc1cccc(CCOP(=O)([O-])OCC[N+](C)(C)C)c1. The number of benzene rings is 1. The van der Waals surface area contributed by atoms with Crippen molar-refractivity contribution in [2.75, 3.05) is 47.5 Å². The van der Waals surface area contributed by atoms with E-state index in [1.54, 1.807) is 0 Å². The lowest BCUT2D eigenvalue weighted by Crippen LogP contribution is -2.37. The smallest absolute Gasteiger partial charge is 0.268 e. The highest BCUT2D eigenvalue weighted by Crippen LogP contribution is 2.38. The van der Waals surface area contributed by atoms with Crippen molar-refractivity contribution >= 4 is 7.82 Å². The molecular formula is C29H52NO5P. The third-order valence-electron chi connectivity index (χ3n) is 5.97. The van der Waals surface area contributed by atoms with E-state index in [9.17, 15) is 9.46 Å². The zero-order chi connectivity index (χ0) is 26.5. The molecule has 0 saturated carbocycles. The summed E-state index contributed by atoms with van der Waals surface area (Å²) in [5.74, 6) is 0.818. The van der Waals surface area contributed by atoms with Gasteiger partial charge in [-0.25, -0.2) is 0 Å². The molecule has 1 unspecified atom stereocenters. The molecule has 1 aromatic carbocycles. The molecule has 0 aliphatic heterocycles. The van der Waals surface area contributed by atoms with E-state index < -0.39 is 7.82 Å². The Morgan fingerprint density at radius 2 is 1.44 bits per heavy atom. The van der Waals surface area contributed by atoms with Crippen LogP contribution in [0.4, 0.5) is 0 Å². The van der Waals surface area contributed by atoms with Crippen LogP contribution in [0.1, 0.15) is 89.5 Å². The minimum atomic E-state index is -4.27. The van der Waals surface area contributed by atoms with E-state index in [1.807, 2.05) is 45.4 Å². The maximum absolute atomic E-state index is 11.9. The molecule has 0 heterocycles. The molecule has 0 fully saturated rings. The van der Waals surface area contributed by atoms with Crippen molar-refractivity contribution in [3.63, 3.8) is 0 Å². The van der Waals surface area contributed by atoms with Gasteiger partial charge >= 0.3 is 0 Å². The van der Waals surface area contributed by atoms with Crippen molar-refractivity contribution in [2.45, 2.75) is 90.4 Å². The highest BCUT2D eigenvalue weighted by Gasteiger charge is 2.13. The molecule has 0 amide bonds. The van der Waals surface area contributed by atoms with E-state index >= 15 is 0 Å². The predicted octanol–water partition coefficient (Wildman–Crippen LogP) is 7.07. The number of hydrogen-bond acceptors (Lipinski definition) is 5. The van der Waals surface area contributed by atoms with Crippen molar-refractivity contribution in [1.29, 1.82) is 0 Å². The molecule has 1 atom stereocenters. The van der Waals surface area contributed by atoms with Crippen LogP contribution in [0.25, 0.3) is 0 Å². The van der Waals surface area contributed by atoms with E-state index in [0.717, 1.165) is 17.7 Å². The molecule has 1 aromatic rings. The van der Waals surface area contributed by atoms with Gasteiger partial charge in [0.2, 0.25) is 0 Å². The van der Waals surface area contributed by atoms with Crippen molar-refractivity contribution in [3.05, 3.63) is 42.0 Å². The van der Waals surface area contributed by atoms with Crippen LogP contribution in [0.15, 0.2) is 36.4 Å². The summed E-state index contributed by atoms with van der Waals surface area (Å²) in [5.41, 5.74) is 0.980. The molecule has 0 bridgehead atoms. The molecule has 0 aliphatic carbocycles. The number of nitrogens with zero attached hydrogens (tertiary/aromatic N) is 1. The quantitative estimate of drug-likeness (QED) is 0.0661. The van der Waals surface area contributed by atoms with Crippen molar-refractivity contribution < 1.29 is 27.7 Å². The summed E-state index contributed by atoms with van der Waals surface area (Å²) in [4.78, 5) is 11.9. The molecule has 0 saturated heterocycles. The average molecular weight is 526 g/mol. The topological polar surface area (TPSA) is 67.8 Å². The monoisotopic (exact) mass is 525 g/mol. The average Bonchev–Trinajstić information content (AvgIpc) is 2.81. The minimum absolute atomic E-state index is 0.0589. The minimum Gasteiger partial charge on any atom is -0.756 e. The first-order valence-electron chi connectivity index (χ1n) is 14.0. The molecule has 0 aliphatic rings. The molecular weight excluding hydrogens is 473 g/mol. The Morgan fingerprint density at radius 1 is 0.833 bits per heavy atom. The fourth-order valence-corrected chi connectivity index (χ4v) is 4.41. The van der Waals surface area contributed by atoms with Gasteiger partial charge in [-0.2, -0.15) is 0 Å². The second kappa shape index (κ2) is 19.9. The van der Waals surface area contributed by atoms with E-state index in [4.69, 9.17) is 13.8 Å². The van der Waals surface area contributed by atoms with Gasteiger partial charge in [0, 0.05) is 0 Å². The third-order valence-corrected chi connectivity index (χ3v) is 6.97. The first-order chi connectivity index (χ1) is 17.2. The molecule has 0 N–H and O–H groups in total. The lowest BCUT2D eigenvalue weighted by molar-refractivity contribution is -0.870. The van der Waals surface area contributed by atoms with Crippen LogP contribution >= 0.6 is 7.82 Å². The lowest BCUT2D eigenvalue weighted by Gasteiger charge is -2.27. The number of allylic oxidation sites excluding steroid dienone is 2. The maximum atomic E-state index is 11.9. The van der Waals surface area contributed by atoms with Gasteiger partial charge in [-0.15, -0.1) is 0 Å². The summed E-state index contributed by atoms with van der Waals surface area (Å²) < 4.78 is 28.4. The Kier molecular flexibility index (Phi) is 18.1. The maximum Gasteiger partial charge on any atom is 0.268 e. The summed E-state index contributed by atoms with van der Waals surface area (Å²) in [6, 6.07) is 7.77. The van der Waals surface area contributed by atoms with Gasteiger partial charge in [-0.1, -0.05) is 76.2 Å². The Hall–Kier alpha value is -1.17. The molecule has 36 heavy (non-hydrogen) atoms. The number of likely N-dealkylation sites (N-methyl/N-ethyl adjacent to an activating group) is 1. The van der Waals surface area contributed by atoms with Crippen LogP contribution < -0.4 is 9.63 Å². The van der Waals surface area contributed by atoms with Crippen LogP contribution in [-0.2, 0) is 20.0 Å². The van der Waals surface area contributed by atoms with Crippen LogP contribution in [0.2, 0.25) is 0 Å². The number of ether oxygens (including phenoxy) is 1. The second-order valence-corrected chi connectivity index (χ2v) is 12.0. The standard InChI is InChI=1S/C29H52NO5P/c1-5-6-7-8-9-10-11-12-13-14-15-16-17-18-24-33-29-21-19-20-28(27-29)22-25-34-36(31,32)35-26-23-30(2,3)4/h10-11,19-21,27H,5-9,12-18,22-26H2,1-4H3/b11-10-. The summed E-state index contributed by atoms with van der Waals surface area (Å²) in [6.07, 6.45) is 20.4. The van der Waals surface area contributed by atoms with E-state index in [1.165, 1.54) is 70.6 Å². The van der Waals surface area contributed by atoms with Gasteiger partial charge in [0.05, 0.1) is 34.4 Å². The third kappa shape index (κ3) is 20.0. The first-order valence-corrected chi connectivity index (χ1v) is 15.5. The number of rotatable bonds is 23. The molecule has 6 nitrogen and oxygen atoms in total. The van der Waals surface area contributed by atoms with Gasteiger partial charge in [-0.3, -0.25) is 4.57 Å². The van der Waals surface area contributed by atoms with Crippen molar-refractivity contribution in [3.8, 4) is 5.75 Å². The van der Waals surface area contributed by atoms with Crippen LogP contribution in [0, 0.1) is 0 Å². The number of phosphoric ester groups is 1. The largest absolute Gasteiger partial charge is 0.756 e. The number of hydrogen-bond donors (Lipinski definition) is 0. The highest BCUT2D eigenvalue weighted by molar-refractivity contribution is 7.45. The molecule has 1 rings (SSSR count). The lowest BCUT2D eigenvalue weighted by atomic mass is 10.1. The molecule has 7 heteroatoms. The summed E-state index contributed by atoms with van der Waals surface area (Å²) in [5, 5.41) is 0. The Morgan fingerprint density at radius 3 is 2.11 bits per heavy atom. The number of quaternary nitrogens is 1. The number of unbranched alkanes of at least 4 members (excludes halogenated alkanes) is 10. The summed E-state index contributed by atoms with van der Waals surface area (Å²) in [6.45, 7) is 3.72. The van der Waals surface area contributed by atoms with Crippen molar-refractivity contribution in [1.82, 2.24) is 0 Å². The summed E-state index contributed by atoms with van der Waals surface area (Å²) in [7, 11) is 1.67. The molecule has 0 radical (unpaired) electrons. The fourth-order valence-electron chi connectivity index (χ4n) is 3.72. The second-order valence-electron chi connectivity index (χ2n) is 10.6. The van der Waals surface area contributed by atoms with Crippen LogP contribution in [-0.4, -0.2) is 52.0 Å². The fraction of sp³-hybridized carbons (Fsp3) is 0.724. The Labute approximate surface area is 221 Å². The Bertz CT molecular complexity index is 747. The van der Waals surface area contributed by atoms with Crippen LogP contribution in [0.5, 0.6) is 5.75 Å². The molecule has 0 spiro atoms. The van der Waals surface area contributed by atoms with Gasteiger partial charge in [0.1, 0.15) is 18.9 Å². The highest BCUT2D eigenvalue weighted by atomic mass is 31.2. The van der Waals surface area contributed by atoms with Gasteiger partial charge < -0.3 is 23.2 Å². The zero-order valence-corrected chi connectivity index (χ0v) is 24.3. The first kappa shape index (κ1) is 32.9. The van der Waals surface area contributed by atoms with Gasteiger partial charge in [0.15, 0.2) is 0 Å². The molecule has 208 valence electrons. The van der Waals surface area contributed by atoms with E-state index in [0.29, 0.717) is 24.1 Å². The van der Waals surface area contributed by atoms with E-state index in [2.05, 4.69) is 19.1 Å². The summed E-state index contributed by atoms with van der Waals surface area (Å²) >= 11 is 0. The van der Waals surface area contributed by atoms with Crippen molar-refractivity contribution in [2.24, 2.45) is 0 Å².